The molecule has 16 heavy (non-hydrogen) atoms. The van der Waals surface area contributed by atoms with Gasteiger partial charge in [0, 0.05) is 7.11 Å². The molecule has 0 heterocycles. The fraction of sp³-hybridized carbons (Fsp3) is 1.00. The first-order chi connectivity index (χ1) is 7.81. The van der Waals surface area contributed by atoms with Gasteiger partial charge in [-0.05, 0) is 44.1 Å². The van der Waals surface area contributed by atoms with E-state index in [1.165, 1.54) is 51.4 Å². The Kier molecular flexibility index (Phi) is 4.86. The zero-order chi connectivity index (χ0) is 11.4. The van der Waals surface area contributed by atoms with Crippen LogP contribution in [0, 0.1) is 11.8 Å². The fourth-order valence-corrected chi connectivity index (χ4v) is 4.45. The highest BCUT2D eigenvalue weighted by molar-refractivity contribution is 6.42. The Morgan fingerprint density at radius 3 is 1.75 bits per heavy atom. The lowest BCUT2D eigenvalue weighted by Gasteiger charge is -2.31. The standard InChI is InChI=1S/C13H26O2Si/c1-14-16(2)15-13(11-7-3-4-8-11)12-9-5-6-10-12/h11-13,16H,3-10H2,1-2H3. The first-order valence-electron chi connectivity index (χ1n) is 6.99. The molecule has 0 aliphatic heterocycles. The van der Waals surface area contributed by atoms with Crippen LogP contribution in [0.3, 0.4) is 0 Å². The van der Waals surface area contributed by atoms with E-state index >= 15 is 0 Å². The summed E-state index contributed by atoms with van der Waals surface area (Å²) < 4.78 is 11.7. The van der Waals surface area contributed by atoms with Gasteiger partial charge in [-0.15, -0.1) is 0 Å². The molecule has 3 heteroatoms. The molecular weight excluding hydrogens is 216 g/mol. The minimum Gasteiger partial charge on any atom is -0.400 e. The summed E-state index contributed by atoms with van der Waals surface area (Å²) in [6, 6.07) is 0. The van der Waals surface area contributed by atoms with Crippen molar-refractivity contribution in [3.05, 3.63) is 0 Å². The van der Waals surface area contributed by atoms with Crippen LogP contribution in [0.2, 0.25) is 6.55 Å². The summed E-state index contributed by atoms with van der Waals surface area (Å²) in [4.78, 5) is 0. The van der Waals surface area contributed by atoms with E-state index in [2.05, 4.69) is 6.55 Å². The van der Waals surface area contributed by atoms with Gasteiger partial charge in [0.1, 0.15) is 0 Å². The van der Waals surface area contributed by atoms with Gasteiger partial charge in [-0.2, -0.15) is 0 Å². The second kappa shape index (κ2) is 6.17. The van der Waals surface area contributed by atoms with Gasteiger partial charge in [-0.1, -0.05) is 25.7 Å². The van der Waals surface area contributed by atoms with Gasteiger partial charge in [0.15, 0.2) is 0 Å². The van der Waals surface area contributed by atoms with E-state index in [0.717, 1.165) is 11.8 Å². The zero-order valence-electron chi connectivity index (χ0n) is 10.8. The molecule has 0 saturated heterocycles. The third kappa shape index (κ3) is 3.08. The molecule has 0 aromatic heterocycles. The average molecular weight is 242 g/mol. The lowest BCUT2D eigenvalue weighted by molar-refractivity contribution is 0.0548. The maximum absolute atomic E-state index is 6.28. The van der Waals surface area contributed by atoms with Crippen molar-refractivity contribution in [2.45, 2.75) is 64.0 Å². The lowest BCUT2D eigenvalue weighted by atomic mass is 9.89. The van der Waals surface area contributed by atoms with E-state index in [0.29, 0.717) is 6.10 Å². The molecule has 0 spiro atoms. The number of hydrogen-bond donors (Lipinski definition) is 0. The van der Waals surface area contributed by atoms with Gasteiger partial charge in [-0.3, -0.25) is 0 Å². The molecule has 0 radical (unpaired) electrons. The van der Waals surface area contributed by atoms with Gasteiger partial charge in [0.25, 0.3) is 0 Å². The molecule has 2 aliphatic carbocycles. The van der Waals surface area contributed by atoms with Crippen molar-refractivity contribution in [1.29, 1.82) is 0 Å². The molecule has 2 nitrogen and oxygen atoms in total. The van der Waals surface area contributed by atoms with Crippen LogP contribution in [0.25, 0.3) is 0 Å². The summed E-state index contributed by atoms with van der Waals surface area (Å²) in [6.07, 6.45) is 11.8. The summed E-state index contributed by atoms with van der Waals surface area (Å²) in [5.41, 5.74) is 0. The summed E-state index contributed by atoms with van der Waals surface area (Å²) in [7, 11) is 0.451. The Hall–Kier alpha value is 0.137. The summed E-state index contributed by atoms with van der Waals surface area (Å²) in [5, 5.41) is 0. The van der Waals surface area contributed by atoms with Crippen LogP contribution >= 0.6 is 0 Å². The van der Waals surface area contributed by atoms with E-state index in [4.69, 9.17) is 8.85 Å². The molecule has 1 unspecified atom stereocenters. The Morgan fingerprint density at radius 2 is 1.38 bits per heavy atom. The molecule has 0 aromatic carbocycles. The highest BCUT2D eigenvalue weighted by Crippen LogP contribution is 2.39. The van der Waals surface area contributed by atoms with E-state index in [1.54, 1.807) is 7.11 Å². The van der Waals surface area contributed by atoms with E-state index < -0.39 is 9.28 Å². The van der Waals surface area contributed by atoms with Crippen LogP contribution in [0.1, 0.15) is 51.4 Å². The fourth-order valence-electron chi connectivity index (χ4n) is 3.46. The van der Waals surface area contributed by atoms with Crippen molar-refractivity contribution in [2.75, 3.05) is 7.11 Å². The van der Waals surface area contributed by atoms with Crippen molar-refractivity contribution in [1.82, 2.24) is 0 Å². The second-order valence-corrected chi connectivity index (χ2v) is 7.37. The first kappa shape index (κ1) is 12.6. The van der Waals surface area contributed by atoms with Crippen LogP contribution in [0.5, 0.6) is 0 Å². The van der Waals surface area contributed by atoms with Gasteiger partial charge in [-0.25, -0.2) is 0 Å². The van der Waals surface area contributed by atoms with Crippen molar-refractivity contribution >= 4 is 9.28 Å². The predicted molar refractivity (Wildman–Crippen MR) is 68.8 cm³/mol. The summed E-state index contributed by atoms with van der Waals surface area (Å²) in [5.74, 6) is 1.68. The maximum atomic E-state index is 6.28. The Balaban J connectivity index is 1.93. The third-order valence-electron chi connectivity index (χ3n) is 4.41. The predicted octanol–water partition coefficient (Wildman–Crippen LogP) is 3.25. The minimum absolute atomic E-state index is 0.534. The van der Waals surface area contributed by atoms with Crippen molar-refractivity contribution in [3.8, 4) is 0 Å². The zero-order valence-corrected chi connectivity index (χ0v) is 11.9. The molecule has 2 rings (SSSR count). The number of hydrogen-bond acceptors (Lipinski definition) is 2. The summed E-state index contributed by atoms with van der Waals surface area (Å²) >= 11 is 0. The smallest absolute Gasteiger partial charge is 0.318 e. The van der Waals surface area contributed by atoms with Crippen LogP contribution in [0.4, 0.5) is 0 Å². The van der Waals surface area contributed by atoms with Crippen LogP contribution in [-0.4, -0.2) is 22.5 Å². The molecule has 0 N–H and O–H groups in total. The second-order valence-electron chi connectivity index (χ2n) is 5.49. The average Bonchev–Trinajstić information content (AvgIpc) is 2.97. The van der Waals surface area contributed by atoms with Crippen LogP contribution in [0.15, 0.2) is 0 Å². The molecule has 94 valence electrons. The van der Waals surface area contributed by atoms with E-state index in [1.807, 2.05) is 0 Å². The SMILES string of the molecule is CO[SiH](C)OC(C1CCCC1)C1CCCC1. The van der Waals surface area contributed by atoms with Crippen LogP contribution < -0.4 is 0 Å². The minimum atomic E-state index is -1.35. The molecular formula is C13H26O2Si. The Labute approximate surface area is 102 Å². The van der Waals surface area contributed by atoms with E-state index in [9.17, 15) is 0 Å². The number of rotatable bonds is 5. The quantitative estimate of drug-likeness (QED) is 0.689. The molecule has 0 amide bonds. The van der Waals surface area contributed by atoms with Gasteiger partial charge in [0.2, 0.25) is 0 Å². The highest BCUT2D eigenvalue weighted by atomic mass is 28.3. The van der Waals surface area contributed by atoms with Gasteiger partial charge >= 0.3 is 9.28 Å². The third-order valence-corrected chi connectivity index (χ3v) is 5.77. The normalized spacial score (nSPS) is 25.7. The molecule has 1 atom stereocenters. The van der Waals surface area contributed by atoms with Crippen molar-refractivity contribution in [3.63, 3.8) is 0 Å². The van der Waals surface area contributed by atoms with Crippen molar-refractivity contribution < 1.29 is 8.85 Å². The topological polar surface area (TPSA) is 18.5 Å². The first-order valence-corrected chi connectivity index (χ1v) is 9.09. The Morgan fingerprint density at radius 1 is 0.938 bits per heavy atom. The highest BCUT2D eigenvalue weighted by Gasteiger charge is 2.34. The van der Waals surface area contributed by atoms with Crippen molar-refractivity contribution in [2.24, 2.45) is 11.8 Å². The monoisotopic (exact) mass is 242 g/mol. The molecule has 0 bridgehead atoms. The lowest BCUT2D eigenvalue weighted by Crippen LogP contribution is -2.35. The molecule has 2 fully saturated rings. The van der Waals surface area contributed by atoms with Gasteiger partial charge < -0.3 is 8.85 Å². The molecule has 2 saturated carbocycles. The maximum Gasteiger partial charge on any atom is 0.318 e. The van der Waals surface area contributed by atoms with Crippen LogP contribution in [-0.2, 0) is 8.85 Å². The van der Waals surface area contributed by atoms with Gasteiger partial charge in [0.05, 0.1) is 6.10 Å². The Bertz CT molecular complexity index is 182. The molecule has 2 aliphatic rings. The molecule has 0 aromatic rings. The summed E-state index contributed by atoms with van der Waals surface area (Å²) in [6.45, 7) is 2.16. The van der Waals surface area contributed by atoms with E-state index in [-0.39, 0.29) is 0 Å². The largest absolute Gasteiger partial charge is 0.400 e.